The lowest BCUT2D eigenvalue weighted by atomic mass is 9.85. The summed E-state index contributed by atoms with van der Waals surface area (Å²) >= 11 is 0. The van der Waals surface area contributed by atoms with E-state index in [0.29, 0.717) is 37.2 Å². The van der Waals surface area contributed by atoms with Crippen molar-refractivity contribution in [3.63, 3.8) is 0 Å². The number of carbonyl (C=O) groups excluding carboxylic acids is 1. The normalized spacial score (nSPS) is 28.2. The molecule has 4 atom stereocenters. The molecule has 7 nitrogen and oxygen atoms in total. The number of nitrogens with zero attached hydrogens (tertiary/aromatic N) is 2. The van der Waals surface area contributed by atoms with Gasteiger partial charge >= 0.3 is 11.9 Å². The van der Waals surface area contributed by atoms with Crippen LogP contribution < -0.4 is 15.4 Å². The minimum atomic E-state index is -1.16. The number of hydrogen-bond acceptors (Lipinski definition) is 6. The number of carboxylic acid groups (broad SMARTS) is 1. The smallest absolute Gasteiger partial charge is 0.335 e. The van der Waals surface area contributed by atoms with Gasteiger partial charge in [0.2, 0.25) is 0 Å². The molecular formula is C20H24ClF2N3O4. The van der Waals surface area contributed by atoms with Crippen LogP contribution in [0, 0.1) is 11.7 Å². The van der Waals surface area contributed by atoms with Crippen molar-refractivity contribution in [1.82, 2.24) is 4.90 Å². The van der Waals surface area contributed by atoms with Crippen molar-refractivity contribution in [3.05, 3.63) is 35.3 Å². The van der Waals surface area contributed by atoms with E-state index in [2.05, 4.69) is 0 Å². The number of benzene rings is 1. The average molecular weight is 444 g/mol. The van der Waals surface area contributed by atoms with Gasteiger partial charge in [0.1, 0.15) is 11.9 Å². The number of alkyl halides is 1. The average Bonchev–Trinajstić information content (AvgIpc) is 2.66. The number of halogens is 3. The van der Waals surface area contributed by atoms with Crippen LogP contribution in [-0.2, 0) is 9.59 Å². The number of carboxylic acids is 1. The summed E-state index contributed by atoms with van der Waals surface area (Å²) in [5, 5.41) is 9.88. The van der Waals surface area contributed by atoms with Gasteiger partial charge in [-0.05, 0) is 38.3 Å². The van der Waals surface area contributed by atoms with Gasteiger partial charge in [0, 0.05) is 30.4 Å². The Kier molecular flexibility index (Phi) is 6.35. The predicted octanol–water partition coefficient (Wildman–Crippen LogP) is 2.39. The van der Waals surface area contributed by atoms with Crippen LogP contribution in [0.25, 0.3) is 0 Å². The molecule has 0 spiro atoms. The lowest BCUT2D eigenvalue weighted by molar-refractivity contribution is -0.137. The molecule has 0 bridgehead atoms. The summed E-state index contributed by atoms with van der Waals surface area (Å²) < 4.78 is 32.4. The monoisotopic (exact) mass is 443 g/mol. The van der Waals surface area contributed by atoms with Gasteiger partial charge in [0.15, 0.2) is 5.75 Å². The van der Waals surface area contributed by atoms with Crippen molar-refractivity contribution >= 4 is 30.0 Å². The van der Waals surface area contributed by atoms with Crippen LogP contribution in [0.3, 0.4) is 0 Å². The molecule has 3 aliphatic heterocycles. The molecule has 1 saturated heterocycles. The van der Waals surface area contributed by atoms with Crippen molar-refractivity contribution in [2.24, 2.45) is 11.7 Å². The molecule has 3 aliphatic rings. The van der Waals surface area contributed by atoms with Gasteiger partial charge in [-0.2, -0.15) is 0 Å². The Bertz CT molecular complexity index is 897. The maximum absolute atomic E-state index is 14.4. The van der Waals surface area contributed by atoms with Crippen LogP contribution in [0.1, 0.15) is 31.4 Å². The van der Waals surface area contributed by atoms with E-state index in [9.17, 15) is 23.5 Å². The summed E-state index contributed by atoms with van der Waals surface area (Å²) in [6, 6.07) is 0.631. The number of ether oxygens (including phenoxy) is 1. The molecule has 1 aromatic carbocycles. The van der Waals surface area contributed by atoms with E-state index in [1.165, 1.54) is 17.2 Å². The first-order valence-electron chi connectivity index (χ1n) is 9.66. The van der Waals surface area contributed by atoms with Crippen molar-refractivity contribution in [1.29, 1.82) is 0 Å². The third-order valence-corrected chi connectivity index (χ3v) is 6.09. The second kappa shape index (κ2) is 8.49. The highest BCUT2D eigenvalue weighted by atomic mass is 35.5. The second-order valence-electron chi connectivity index (χ2n) is 7.82. The minimum absolute atomic E-state index is 0. The fourth-order valence-electron chi connectivity index (χ4n) is 4.58. The number of hydrogen-bond donors (Lipinski definition) is 2. The van der Waals surface area contributed by atoms with Gasteiger partial charge in [-0.15, -0.1) is 12.4 Å². The molecule has 1 fully saturated rings. The Labute approximate surface area is 178 Å². The topological polar surface area (TPSA) is 96.1 Å². The van der Waals surface area contributed by atoms with E-state index < -0.39 is 36.5 Å². The lowest BCUT2D eigenvalue weighted by Crippen LogP contribution is -2.52. The van der Waals surface area contributed by atoms with Gasteiger partial charge in [-0.3, -0.25) is 9.29 Å². The molecule has 1 unspecified atom stereocenters. The van der Waals surface area contributed by atoms with E-state index >= 15 is 0 Å². The number of esters is 1. The largest absolute Gasteiger partial charge is 0.478 e. The molecule has 0 aromatic heterocycles. The van der Waals surface area contributed by atoms with Crippen LogP contribution in [0.15, 0.2) is 23.9 Å². The van der Waals surface area contributed by atoms with E-state index in [0.717, 1.165) is 6.07 Å². The van der Waals surface area contributed by atoms with Crippen LogP contribution in [0.5, 0.6) is 5.75 Å². The highest BCUT2D eigenvalue weighted by Gasteiger charge is 2.44. The van der Waals surface area contributed by atoms with Gasteiger partial charge in [-0.1, -0.05) is 0 Å². The molecule has 4 rings (SSSR count). The van der Waals surface area contributed by atoms with Crippen LogP contribution >= 0.6 is 12.4 Å². The maximum Gasteiger partial charge on any atom is 0.335 e. The number of likely N-dealkylation sites (tertiary alicyclic amines) is 1. The zero-order valence-electron chi connectivity index (χ0n) is 16.4. The molecule has 0 amide bonds. The fraction of sp³-hybridized carbons (Fsp3) is 0.500. The molecule has 3 heterocycles. The SMILES string of the molecule is C[C@H]1C(=O)Oc2cc(F)cc3c2N1C=C(C(=O)O)C3N1CC[C@H](CCF)[C@@H](N)C1.Cl. The second-order valence-corrected chi connectivity index (χ2v) is 7.82. The zero-order valence-corrected chi connectivity index (χ0v) is 17.2. The van der Waals surface area contributed by atoms with Crippen molar-refractivity contribution < 1.29 is 28.2 Å². The molecule has 30 heavy (non-hydrogen) atoms. The van der Waals surface area contributed by atoms with Crippen molar-refractivity contribution in [3.8, 4) is 5.75 Å². The summed E-state index contributed by atoms with van der Waals surface area (Å²) in [6.07, 6.45) is 2.43. The summed E-state index contributed by atoms with van der Waals surface area (Å²) in [7, 11) is 0. The summed E-state index contributed by atoms with van der Waals surface area (Å²) in [4.78, 5) is 27.7. The first kappa shape index (κ1) is 22.5. The summed E-state index contributed by atoms with van der Waals surface area (Å²) in [5.41, 5.74) is 7.19. The third-order valence-electron chi connectivity index (χ3n) is 6.09. The number of nitrogens with two attached hydrogens (primary N) is 1. The number of aliphatic carboxylic acids is 1. The van der Waals surface area contributed by atoms with Crippen LogP contribution in [-0.4, -0.2) is 53.8 Å². The quantitative estimate of drug-likeness (QED) is 0.545. The molecule has 0 aliphatic carbocycles. The summed E-state index contributed by atoms with van der Waals surface area (Å²) in [5.74, 6) is -2.25. The van der Waals surface area contributed by atoms with Gasteiger partial charge in [-0.25, -0.2) is 14.0 Å². The Morgan fingerprint density at radius 2 is 2.13 bits per heavy atom. The van der Waals surface area contributed by atoms with E-state index in [4.69, 9.17) is 10.5 Å². The number of piperidine rings is 1. The molecule has 1 aromatic rings. The fourth-order valence-corrected chi connectivity index (χ4v) is 4.58. The summed E-state index contributed by atoms with van der Waals surface area (Å²) in [6.45, 7) is 2.03. The Balaban J connectivity index is 0.00000256. The first-order chi connectivity index (χ1) is 13.8. The maximum atomic E-state index is 14.4. The number of rotatable bonds is 4. The van der Waals surface area contributed by atoms with Gasteiger partial charge in [0.25, 0.3) is 0 Å². The van der Waals surface area contributed by atoms with E-state index in [1.54, 1.807) is 6.92 Å². The van der Waals surface area contributed by atoms with Gasteiger partial charge < -0.3 is 20.5 Å². The van der Waals surface area contributed by atoms with Gasteiger partial charge in [0.05, 0.1) is 24.0 Å². The zero-order chi connectivity index (χ0) is 20.9. The molecule has 0 saturated carbocycles. The number of anilines is 1. The van der Waals surface area contributed by atoms with Crippen LogP contribution in [0.4, 0.5) is 14.5 Å². The van der Waals surface area contributed by atoms with E-state index in [1.807, 2.05) is 4.90 Å². The van der Waals surface area contributed by atoms with Crippen molar-refractivity contribution in [2.75, 3.05) is 24.7 Å². The highest BCUT2D eigenvalue weighted by Crippen LogP contribution is 2.48. The minimum Gasteiger partial charge on any atom is -0.478 e. The Morgan fingerprint density at radius 1 is 1.40 bits per heavy atom. The number of carbonyl (C=O) groups is 2. The molecule has 3 N–H and O–H groups in total. The predicted molar refractivity (Wildman–Crippen MR) is 108 cm³/mol. The van der Waals surface area contributed by atoms with Crippen LogP contribution in [0.2, 0.25) is 0 Å². The lowest BCUT2D eigenvalue weighted by Gasteiger charge is -2.46. The highest BCUT2D eigenvalue weighted by molar-refractivity contribution is 5.96. The molecule has 164 valence electrons. The van der Waals surface area contributed by atoms with E-state index in [-0.39, 0.29) is 35.7 Å². The Hall–Kier alpha value is -2.23. The molecule has 0 radical (unpaired) electrons. The third kappa shape index (κ3) is 3.66. The first-order valence-corrected chi connectivity index (χ1v) is 9.66. The molecular weight excluding hydrogens is 420 g/mol. The molecule has 10 heteroatoms. The Morgan fingerprint density at radius 3 is 2.77 bits per heavy atom. The van der Waals surface area contributed by atoms with Crippen molar-refractivity contribution in [2.45, 2.75) is 37.9 Å². The standard InChI is InChI=1S/C20H23F2N3O4.ClH/c1-10-20(28)29-16-7-12(22)6-13-17(14(19(26)27)8-25(10)18(13)16)24-5-3-11(2-4-21)15(23)9-24;/h6-8,10-11,15,17H,2-5,9,23H2,1H3,(H,26,27);1H/t10-,11-,15-,17?;/m0./s1.